The van der Waals surface area contributed by atoms with Gasteiger partial charge in [0.1, 0.15) is 0 Å². The average molecular weight is 593 g/mol. The Kier molecular flexibility index (Phi) is 7.58. The van der Waals surface area contributed by atoms with Crippen LogP contribution in [-0.4, -0.2) is 6.04 Å². The zero-order valence-corrected chi connectivity index (χ0v) is 25.9. The van der Waals surface area contributed by atoms with Gasteiger partial charge in [-0.1, -0.05) is 115 Å². The molecule has 0 aliphatic heterocycles. The highest BCUT2D eigenvalue weighted by Gasteiger charge is 2.25. The molecule has 1 unspecified atom stereocenters. The van der Waals surface area contributed by atoms with Crippen LogP contribution in [0.15, 0.2) is 146 Å². The molecular weight excluding hydrogens is 556 g/mol. The number of rotatable bonds is 7. The SMILES string of the molecule is c1c(-c2ccc(N(c3ccccc3)c3cccc4c3CCC=C4)cc2)ccc(N(C2=CCCc3ccccc32)C2C=CC=CC2)c#1. The minimum absolute atomic E-state index is 0.236. The third kappa shape index (κ3) is 5.35. The molecule has 46 heavy (non-hydrogen) atoms. The maximum atomic E-state index is 3.57. The van der Waals surface area contributed by atoms with E-state index < -0.39 is 0 Å². The maximum Gasteiger partial charge on any atom is 0.0933 e. The van der Waals surface area contributed by atoms with Gasteiger partial charge >= 0.3 is 0 Å². The molecule has 0 heterocycles. The molecule has 0 saturated heterocycles. The number of para-hydroxylation sites is 1. The van der Waals surface area contributed by atoms with Crippen LogP contribution >= 0.6 is 0 Å². The van der Waals surface area contributed by atoms with Crippen molar-refractivity contribution in [1.29, 1.82) is 0 Å². The second-order valence-corrected chi connectivity index (χ2v) is 12.2. The van der Waals surface area contributed by atoms with Crippen molar-refractivity contribution in [3.8, 4) is 11.1 Å². The zero-order valence-electron chi connectivity index (χ0n) is 25.9. The van der Waals surface area contributed by atoms with Gasteiger partial charge in [-0.15, -0.1) is 0 Å². The number of hydrogen-bond acceptors (Lipinski definition) is 2. The highest BCUT2D eigenvalue weighted by atomic mass is 15.2. The topological polar surface area (TPSA) is 6.48 Å². The van der Waals surface area contributed by atoms with Crippen molar-refractivity contribution >= 4 is 34.5 Å². The van der Waals surface area contributed by atoms with Gasteiger partial charge in [-0.25, -0.2) is 0 Å². The molecule has 222 valence electrons. The van der Waals surface area contributed by atoms with Crippen molar-refractivity contribution in [3.05, 3.63) is 180 Å². The lowest BCUT2D eigenvalue weighted by molar-refractivity contribution is 0.782. The average Bonchev–Trinajstić information content (AvgIpc) is 3.14. The van der Waals surface area contributed by atoms with Crippen LogP contribution in [0.5, 0.6) is 0 Å². The van der Waals surface area contributed by atoms with Crippen LogP contribution in [0.1, 0.15) is 41.5 Å². The van der Waals surface area contributed by atoms with Gasteiger partial charge < -0.3 is 9.80 Å². The van der Waals surface area contributed by atoms with Gasteiger partial charge in [0.25, 0.3) is 0 Å². The Morgan fingerprint density at radius 2 is 1.50 bits per heavy atom. The van der Waals surface area contributed by atoms with E-state index in [4.69, 9.17) is 0 Å². The molecule has 0 bridgehead atoms. The molecule has 0 spiro atoms. The molecule has 0 aromatic heterocycles. The van der Waals surface area contributed by atoms with E-state index >= 15 is 0 Å². The van der Waals surface area contributed by atoms with Gasteiger partial charge in [0.05, 0.1) is 11.7 Å². The highest BCUT2D eigenvalue weighted by Crippen LogP contribution is 2.40. The molecule has 0 amide bonds. The van der Waals surface area contributed by atoms with Crippen molar-refractivity contribution in [1.82, 2.24) is 0 Å². The molecule has 3 aliphatic carbocycles. The van der Waals surface area contributed by atoms with E-state index in [1.54, 1.807) is 0 Å². The lowest BCUT2D eigenvalue weighted by atomic mass is 9.92. The Balaban J connectivity index is 1.12. The van der Waals surface area contributed by atoms with Crippen molar-refractivity contribution in [2.24, 2.45) is 0 Å². The molecule has 1 atom stereocenters. The molecule has 5 aromatic carbocycles. The largest absolute Gasteiger partial charge is 0.327 e. The summed E-state index contributed by atoms with van der Waals surface area (Å²) in [4.78, 5) is 4.84. The predicted molar refractivity (Wildman–Crippen MR) is 193 cm³/mol. The van der Waals surface area contributed by atoms with Crippen LogP contribution in [-0.2, 0) is 12.8 Å². The van der Waals surface area contributed by atoms with E-state index in [0.717, 1.165) is 60.3 Å². The Morgan fingerprint density at radius 3 is 2.33 bits per heavy atom. The molecule has 2 heteroatoms. The van der Waals surface area contributed by atoms with Gasteiger partial charge in [-0.3, -0.25) is 0 Å². The molecule has 0 fully saturated rings. The van der Waals surface area contributed by atoms with Crippen LogP contribution in [0, 0.1) is 12.1 Å². The van der Waals surface area contributed by atoms with Crippen molar-refractivity contribution < 1.29 is 0 Å². The third-order valence-corrected chi connectivity index (χ3v) is 9.32. The van der Waals surface area contributed by atoms with E-state index in [-0.39, 0.29) is 6.04 Å². The summed E-state index contributed by atoms with van der Waals surface area (Å²) in [5, 5.41) is 0. The number of fused-ring (bicyclic) bond motifs is 2. The minimum Gasteiger partial charge on any atom is -0.327 e. The summed E-state index contributed by atoms with van der Waals surface area (Å²) in [6.45, 7) is 0. The molecule has 5 aromatic rings. The molecule has 3 aliphatic rings. The Bertz CT molecular complexity index is 1960. The predicted octanol–water partition coefficient (Wildman–Crippen LogP) is 11.1. The molecule has 0 saturated carbocycles. The highest BCUT2D eigenvalue weighted by molar-refractivity contribution is 5.84. The maximum absolute atomic E-state index is 3.57. The Hall–Kier alpha value is -5.52. The smallest absolute Gasteiger partial charge is 0.0933 e. The summed E-state index contributed by atoms with van der Waals surface area (Å²) in [6.07, 6.45) is 21.0. The van der Waals surface area contributed by atoms with Crippen LogP contribution < -0.4 is 9.80 Å². The minimum atomic E-state index is 0.236. The van der Waals surface area contributed by atoms with E-state index in [2.05, 4.69) is 174 Å². The van der Waals surface area contributed by atoms with Crippen molar-refractivity contribution in [3.63, 3.8) is 0 Å². The number of benzene rings is 4. The van der Waals surface area contributed by atoms with E-state index in [0.29, 0.717) is 0 Å². The first-order valence-electron chi connectivity index (χ1n) is 16.4. The first-order chi connectivity index (χ1) is 22.8. The lowest BCUT2D eigenvalue weighted by Gasteiger charge is -2.35. The summed E-state index contributed by atoms with van der Waals surface area (Å²) < 4.78 is 0. The summed E-state index contributed by atoms with van der Waals surface area (Å²) >= 11 is 0. The molecule has 8 rings (SSSR count). The van der Waals surface area contributed by atoms with E-state index in [1.807, 2.05) is 0 Å². The van der Waals surface area contributed by atoms with Gasteiger partial charge in [0.2, 0.25) is 0 Å². The first kappa shape index (κ1) is 28.0. The van der Waals surface area contributed by atoms with Crippen LogP contribution in [0.4, 0.5) is 22.7 Å². The Morgan fingerprint density at radius 1 is 0.652 bits per heavy atom. The number of hydrogen-bond donors (Lipinski definition) is 0. The second-order valence-electron chi connectivity index (χ2n) is 12.2. The van der Waals surface area contributed by atoms with E-state index in [9.17, 15) is 0 Å². The van der Waals surface area contributed by atoms with Crippen LogP contribution in [0.3, 0.4) is 0 Å². The van der Waals surface area contributed by atoms with Crippen molar-refractivity contribution in [2.75, 3.05) is 9.80 Å². The van der Waals surface area contributed by atoms with Gasteiger partial charge in [-0.2, -0.15) is 0 Å². The van der Waals surface area contributed by atoms with E-state index in [1.165, 1.54) is 33.6 Å². The summed E-state index contributed by atoms with van der Waals surface area (Å²) in [6, 6.07) is 46.8. The molecule has 0 N–H and O–H groups in total. The monoisotopic (exact) mass is 592 g/mol. The fraction of sp³-hybridized carbons (Fsp3) is 0.136. The quantitative estimate of drug-likeness (QED) is 0.185. The second kappa shape index (κ2) is 12.5. The fourth-order valence-corrected chi connectivity index (χ4v) is 7.09. The number of allylic oxidation sites excluding steroid dienone is 4. The zero-order chi connectivity index (χ0) is 30.7. The molecular formula is C44H36N2. The fourth-order valence-electron chi connectivity index (χ4n) is 7.09. The molecule has 2 nitrogen and oxygen atoms in total. The van der Waals surface area contributed by atoms with Crippen molar-refractivity contribution in [2.45, 2.75) is 38.1 Å². The first-order valence-corrected chi connectivity index (χ1v) is 16.4. The lowest BCUT2D eigenvalue weighted by Crippen LogP contribution is -2.33. The number of anilines is 4. The van der Waals surface area contributed by atoms with Gasteiger partial charge in [0.15, 0.2) is 0 Å². The number of aryl methyl sites for hydroxylation is 1. The third-order valence-electron chi connectivity index (χ3n) is 9.32. The standard InChI is InChI=1S/C44H36N2/c1-3-17-37(18-4-1)45(43-23-11-15-35-13-7-9-21-41(35)43)39-29-25-33(26-30-39)34-27-31-40(32-28-34)46(38-19-5-2-6-20-38)44-24-12-16-36-14-8-10-22-42(36)44/h1-9,12-14,16-17,19-21,23-25,27-29,31-32,37H,10-11,15,18,22H2. The Labute approximate surface area is 273 Å². The summed E-state index contributed by atoms with van der Waals surface area (Å²) in [5.74, 6) is 0. The van der Waals surface area contributed by atoms with Gasteiger partial charge in [-0.05, 0) is 103 Å². The van der Waals surface area contributed by atoms with Crippen LogP contribution in [0.2, 0.25) is 0 Å². The number of nitrogens with zero attached hydrogens (tertiary/aromatic N) is 2. The van der Waals surface area contributed by atoms with Gasteiger partial charge in [0, 0.05) is 33.9 Å². The molecule has 0 radical (unpaired) electrons. The van der Waals surface area contributed by atoms with Crippen LogP contribution in [0.25, 0.3) is 22.9 Å². The summed E-state index contributed by atoms with van der Waals surface area (Å²) in [5.41, 5.74) is 13.5. The normalized spacial score (nSPS) is 16.2. The summed E-state index contributed by atoms with van der Waals surface area (Å²) in [7, 11) is 0.